The Kier molecular flexibility index (Phi) is 4.20. The van der Waals surface area contributed by atoms with Crippen molar-refractivity contribution in [1.29, 1.82) is 0 Å². The second-order valence-corrected chi connectivity index (χ2v) is 4.99. The Balaban J connectivity index is 2.22. The van der Waals surface area contributed by atoms with E-state index in [-0.39, 0.29) is 0 Å². The molecule has 0 spiro atoms. The number of pyridine rings is 1. The van der Waals surface area contributed by atoms with Crippen LogP contribution in [0.1, 0.15) is 12.5 Å². The van der Waals surface area contributed by atoms with Crippen LogP contribution in [0.5, 0.6) is 0 Å². The molecule has 2 rings (SSSR count). The minimum Gasteiger partial charge on any atom is -0.384 e. The fourth-order valence-corrected chi connectivity index (χ4v) is 2.05. The van der Waals surface area contributed by atoms with E-state index in [2.05, 4.69) is 63.6 Å². The highest BCUT2D eigenvalue weighted by atomic mass is 79.9. The molecule has 2 N–H and O–H groups in total. The average Bonchev–Trinajstić information content (AvgIpc) is 2.35. The van der Waals surface area contributed by atoms with Gasteiger partial charge in [0.1, 0.15) is 0 Å². The molecule has 1 aromatic carbocycles. The third kappa shape index (κ3) is 3.23. The maximum Gasteiger partial charge on any atom is 0.0591 e. The molecule has 0 atom stereocenters. The Labute approximate surface area is 116 Å². The minimum absolute atomic E-state index is 0.890. The summed E-state index contributed by atoms with van der Waals surface area (Å²) in [5.41, 5.74) is 4.29. The van der Waals surface area contributed by atoms with Crippen LogP contribution in [0.25, 0.3) is 0 Å². The lowest BCUT2D eigenvalue weighted by atomic mass is 10.2. The van der Waals surface area contributed by atoms with Gasteiger partial charge < -0.3 is 10.6 Å². The van der Waals surface area contributed by atoms with Gasteiger partial charge >= 0.3 is 0 Å². The Morgan fingerprint density at radius 3 is 2.72 bits per heavy atom. The van der Waals surface area contributed by atoms with Crippen molar-refractivity contribution in [2.75, 3.05) is 17.2 Å². The largest absolute Gasteiger partial charge is 0.384 e. The van der Waals surface area contributed by atoms with E-state index in [1.54, 1.807) is 0 Å². The Hall–Kier alpha value is -1.55. The number of nitrogens with zero attached hydrogens (tertiary/aromatic N) is 1. The van der Waals surface area contributed by atoms with Gasteiger partial charge in [0.2, 0.25) is 0 Å². The lowest BCUT2D eigenvalue weighted by molar-refractivity contribution is 1.19. The van der Waals surface area contributed by atoms with Gasteiger partial charge in [0.15, 0.2) is 0 Å². The molecule has 3 nitrogen and oxygen atoms in total. The van der Waals surface area contributed by atoms with E-state index in [1.807, 2.05) is 18.5 Å². The maximum absolute atomic E-state index is 4.21. The number of hydrogen-bond donors (Lipinski definition) is 2. The fraction of sp³-hybridized carbons (Fsp3) is 0.214. The number of anilines is 3. The number of benzene rings is 1. The zero-order chi connectivity index (χ0) is 13.0. The monoisotopic (exact) mass is 305 g/mol. The highest BCUT2D eigenvalue weighted by Crippen LogP contribution is 2.25. The van der Waals surface area contributed by atoms with Gasteiger partial charge in [0.05, 0.1) is 23.8 Å². The number of rotatable bonds is 4. The van der Waals surface area contributed by atoms with Crippen molar-refractivity contribution in [3.63, 3.8) is 0 Å². The molecule has 94 valence electrons. The van der Waals surface area contributed by atoms with E-state index in [1.165, 1.54) is 5.56 Å². The van der Waals surface area contributed by atoms with Gasteiger partial charge in [-0.25, -0.2) is 0 Å². The van der Waals surface area contributed by atoms with E-state index in [0.717, 1.165) is 28.1 Å². The lowest BCUT2D eigenvalue weighted by Crippen LogP contribution is -1.99. The SMILES string of the molecule is CCNc1cncc(Nc2cc(Br)ccc2C)c1. The molecule has 0 bridgehead atoms. The van der Waals surface area contributed by atoms with Crippen LogP contribution in [0, 0.1) is 6.92 Å². The van der Waals surface area contributed by atoms with Crippen molar-refractivity contribution in [2.24, 2.45) is 0 Å². The van der Waals surface area contributed by atoms with Crippen molar-refractivity contribution in [1.82, 2.24) is 4.98 Å². The molecule has 0 aliphatic carbocycles. The summed E-state index contributed by atoms with van der Waals surface area (Å²) in [5, 5.41) is 6.63. The molecular formula is C14H16BrN3. The minimum atomic E-state index is 0.890. The van der Waals surface area contributed by atoms with Gasteiger partial charge in [-0.2, -0.15) is 0 Å². The van der Waals surface area contributed by atoms with Crippen LogP contribution in [0.3, 0.4) is 0 Å². The van der Waals surface area contributed by atoms with Crippen molar-refractivity contribution in [3.05, 3.63) is 46.7 Å². The van der Waals surface area contributed by atoms with Gasteiger partial charge in [-0.05, 0) is 37.6 Å². The molecule has 0 radical (unpaired) electrons. The van der Waals surface area contributed by atoms with E-state index >= 15 is 0 Å². The van der Waals surface area contributed by atoms with Crippen LogP contribution in [0.2, 0.25) is 0 Å². The van der Waals surface area contributed by atoms with E-state index in [9.17, 15) is 0 Å². The number of aryl methyl sites for hydroxylation is 1. The van der Waals surface area contributed by atoms with Crippen LogP contribution < -0.4 is 10.6 Å². The summed E-state index contributed by atoms with van der Waals surface area (Å²) < 4.78 is 1.06. The van der Waals surface area contributed by atoms with E-state index in [4.69, 9.17) is 0 Å². The second kappa shape index (κ2) is 5.87. The molecule has 4 heteroatoms. The molecule has 0 amide bonds. The number of aromatic nitrogens is 1. The number of hydrogen-bond acceptors (Lipinski definition) is 3. The molecule has 0 fully saturated rings. The molecule has 0 aliphatic rings. The first kappa shape index (κ1) is 12.9. The highest BCUT2D eigenvalue weighted by Gasteiger charge is 2.01. The topological polar surface area (TPSA) is 37.0 Å². The van der Waals surface area contributed by atoms with Crippen molar-refractivity contribution >= 4 is 33.0 Å². The standard InChI is InChI=1S/C14H16BrN3/c1-3-17-12-7-13(9-16-8-12)18-14-6-11(15)5-4-10(14)2/h4-9,17-18H,3H2,1-2H3. The summed E-state index contributed by atoms with van der Waals surface area (Å²) in [5.74, 6) is 0. The predicted octanol–water partition coefficient (Wildman–Crippen LogP) is 4.33. The van der Waals surface area contributed by atoms with Gasteiger partial charge in [-0.1, -0.05) is 22.0 Å². The molecule has 0 aliphatic heterocycles. The molecule has 0 saturated carbocycles. The van der Waals surface area contributed by atoms with Crippen molar-refractivity contribution in [2.45, 2.75) is 13.8 Å². The molecular weight excluding hydrogens is 290 g/mol. The van der Waals surface area contributed by atoms with E-state index < -0.39 is 0 Å². The fourth-order valence-electron chi connectivity index (χ4n) is 1.69. The van der Waals surface area contributed by atoms with Gasteiger partial charge in [0.25, 0.3) is 0 Å². The van der Waals surface area contributed by atoms with Crippen LogP contribution >= 0.6 is 15.9 Å². The Morgan fingerprint density at radius 1 is 1.17 bits per heavy atom. The predicted molar refractivity (Wildman–Crippen MR) is 80.6 cm³/mol. The Morgan fingerprint density at radius 2 is 1.94 bits per heavy atom. The highest BCUT2D eigenvalue weighted by molar-refractivity contribution is 9.10. The first-order valence-corrected chi connectivity index (χ1v) is 6.70. The van der Waals surface area contributed by atoms with Crippen LogP contribution in [-0.2, 0) is 0 Å². The van der Waals surface area contributed by atoms with Crippen LogP contribution in [0.4, 0.5) is 17.1 Å². The smallest absolute Gasteiger partial charge is 0.0591 e. The summed E-state index contributed by atoms with van der Waals surface area (Å²) in [7, 11) is 0. The summed E-state index contributed by atoms with van der Waals surface area (Å²) in [6.45, 7) is 5.04. The van der Waals surface area contributed by atoms with E-state index in [0.29, 0.717) is 0 Å². The molecule has 2 aromatic rings. The third-order valence-corrected chi connectivity index (χ3v) is 3.09. The van der Waals surface area contributed by atoms with Crippen LogP contribution in [0.15, 0.2) is 41.1 Å². The lowest BCUT2D eigenvalue weighted by Gasteiger charge is -2.11. The third-order valence-electron chi connectivity index (χ3n) is 2.60. The molecule has 18 heavy (non-hydrogen) atoms. The van der Waals surface area contributed by atoms with Gasteiger partial charge in [0, 0.05) is 16.7 Å². The zero-order valence-corrected chi connectivity index (χ0v) is 12.1. The number of nitrogens with one attached hydrogen (secondary N) is 2. The molecule has 0 unspecified atom stereocenters. The second-order valence-electron chi connectivity index (χ2n) is 4.08. The molecule has 0 saturated heterocycles. The first-order chi connectivity index (χ1) is 8.69. The van der Waals surface area contributed by atoms with Crippen LogP contribution in [-0.4, -0.2) is 11.5 Å². The molecule has 1 aromatic heterocycles. The first-order valence-electron chi connectivity index (χ1n) is 5.91. The summed E-state index contributed by atoms with van der Waals surface area (Å²) >= 11 is 3.48. The summed E-state index contributed by atoms with van der Waals surface area (Å²) in [6.07, 6.45) is 3.64. The zero-order valence-electron chi connectivity index (χ0n) is 10.5. The van der Waals surface area contributed by atoms with Gasteiger partial charge in [-0.15, -0.1) is 0 Å². The number of halogens is 1. The van der Waals surface area contributed by atoms with Crippen molar-refractivity contribution < 1.29 is 0 Å². The summed E-state index contributed by atoms with van der Waals surface area (Å²) in [6, 6.07) is 8.23. The normalized spacial score (nSPS) is 10.2. The summed E-state index contributed by atoms with van der Waals surface area (Å²) in [4.78, 5) is 4.21. The average molecular weight is 306 g/mol. The Bertz CT molecular complexity index is 540. The quantitative estimate of drug-likeness (QED) is 0.883. The van der Waals surface area contributed by atoms with Crippen molar-refractivity contribution in [3.8, 4) is 0 Å². The molecule has 1 heterocycles. The van der Waals surface area contributed by atoms with Gasteiger partial charge in [-0.3, -0.25) is 4.98 Å². The maximum atomic E-state index is 4.21.